The molecule has 0 atom stereocenters. The van der Waals surface area contributed by atoms with E-state index in [9.17, 15) is 9.59 Å². The number of likely N-dealkylation sites (tertiary alicyclic amines) is 1. The van der Waals surface area contributed by atoms with Gasteiger partial charge < -0.3 is 9.64 Å². The Morgan fingerprint density at radius 2 is 1.87 bits per heavy atom. The highest BCUT2D eigenvalue weighted by molar-refractivity contribution is 5.94. The van der Waals surface area contributed by atoms with E-state index in [4.69, 9.17) is 4.74 Å². The summed E-state index contributed by atoms with van der Waals surface area (Å²) in [5.74, 6) is 0.652. The van der Waals surface area contributed by atoms with Crippen molar-refractivity contribution < 1.29 is 14.3 Å². The van der Waals surface area contributed by atoms with Gasteiger partial charge in [0, 0.05) is 37.9 Å². The van der Waals surface area contributed by atoms with Gasteiger partial charge in [-0.05, 0) is 24.8 Å². The Bertz CT molecular complexity index is 625. The minimum atomic E-state index is -0.502. The maximum Gasteiger partial charge on any atom is 0.339 e. The largest absolute Gasteiger partial charge is 0.450 e. The molecule has 3 aliphatic rings. The summed E-state index contributed by atoms with van der Waals surface area (Å²) >= 11 is 0. The first-order valence-electron chi connectivity index (χ1n) is 8.79. The van der Waals surface area contributed by atoms with E-state index >= 15 is 0 Å². The zero-order valence-electron chi connectivity index (χ0n) is 13.4. The van der Waals surface area contributed by atoms with Crippen LogP contribution < -0.4 is 0 Å². The third-order valence-electron chi connectivity index (χ3n) is 5.79. The maximum atomic E-state index is 12.5. The number of amides is 1. The van der Waals surface area contributed by atoms with Crippen LogP contribution >= 0.6 is 0 Å². The molecule has 1 aliphatic carbocycles. The number of hydrogen-bond donors (Lipinski definition) is 0. The fourth-order valence-corrected chi connectivity index (χ4v) is 4.43. The average molecular weight is 313 g/mol. The third-order valence-corrected chi connectivity index (χ3v) is 5.79. The number of benzene rings is 1. The van der Waals surface area contributed by atoms with Crippen molar-refractivity contribution in [3.63, 3.8) is 0 Å². The average Bonchev–Trinajstić information content (AvgIpc) is 3.16. The summed E-state index contributed by atoms with van der Waals surface area (Å²) in [4.78, 5) is 26.5. The number of carbonyl (C=O) groups excluding carboxylic acids is 2. The number of piperidine rings is 1. The summed E-state index contributed by atoms with van der Waals surface area (Å²) in [6.07, 6.45) is 7.08. The van der Waals surface area contributed by atoms with Gasteiger partial charge >= 0.3 is 5.97 Å². The van der Waals surface area contributed by atoms with E-state index in [2.05, 4.69) is 0 Å². The number of hydrogen-bond acceptors (Lipinski definition) is 3. The van der Waals surface area contributed by atoms with Gasteiger partial charge in [0.15, 0.2) is 0 Å². The standard InChI is InChI=1S/C19H23NO3/c21-17(13-14-5-1-2-6-14)20-11-9-19(10-12-20)16-8-4-3-7-15(16)18(22)23-19/h3-4,7-8,14H,1-2,5-6,9-13H2. The predicted octanol–water partition coefficient (Wildman–Crippen LogP) is 3.26. The van der Waals surface area contributed by atoms with E-state index in [1.54, 1.807) is 0 Å². The van der Waals surface area contributed by atoms with Crippen LogP contribution in [0, 0.1) is 5.92 Å². The Balaban J connectivity index is 1.43. The number of ether oxygens (including phenoxy) is 1. The van der Waals surface area contributed by atoms with Gasteiger partial charge in [-0.3, -0.25) is 4.79 Å². The number of esters is 1. The van der Waals surface area contributed by atoms with Gasteiger partial charge in [0.1, 0.15) is 5.60 Å². The molecule has 0 radical (unpaired) electrons. The summed E-state index contributed by atoms with van der Waals surface area (Å²) < 4.78 is 5.74. The molecule has 1 spiro atoms. The van der Waals surface area contributed by atoms with Crippen molar-refractivity contribution in [3.05, 3.63) is 35.4 Å². The molecule has 1 aromatic carbocycles. The minimum absolute atomic E-state index is 0.216. The SMILES string of the molecule is O=C1OC2(CCN(C(=O)CC3CCCC3)CC2)c2ccccc21. The molecule has 4 nitrogen and oxygen atoms in total. The van der Waals surface area contributed by atoms with Crippen LogP contribution in [0.3, 0.4) is 0 Å². The highest BCUT2D eigenvalue weighted by Crippen LogP contribution is 2.44. The lowest BCUT2D eigenvalue weighted by atomic mass is 9.83. The fourth-order valence-electron chi connectivity index (χ4n) is 4.43. The topological polar surface area (TPSA) is 46.6 Å². The smallest absolute Gasteiger partial charge is 0.339 e. The molecular formula is C19H23NO3. The van der Waals surface area contributed by atoms with Crippen LogP contribution in [-0.4, -0.2) is 29.9 Å². The van der Waals surface area contributed by atoms with Crippen molar-refractivity contribution >= 4 is 11.9 Å². The van der Waals surface area contributed by atoms with Crippen LogP contribution in [0.1, 0.15) is 60.9 Å². The quantitative estimate of drug-likeness (QED) is 0.787. The Morgan fingerprint density at radius 3 is 2.61 bits per heavy atom. The summed E-state index contributed by atoms with van der Waals surface area (Å²) in [6, 6.07) is 7.67. The lowest BCUT2D eigenvalue weighted by molar-refractivity contribution is -0.136. The summed E-state index contributed by atoms with van der Waals surface area (Å²) in [6.45, 7) is 1.38. The van der Waals surface area contributed by atoms with Gasteiger partial charge in [-0.1, -0.05) is 31.0 Å². The summed E-state index contributed by atoms with van der Waals surface area (Å²) in [7, 11) is 0. The number of rotatable bonds is 2. The number of carbonyl (C=O) groups is 2. The van der Waals surface area contributed by atoms with Gasteiger partial charge in [0.05, 0.1) is 5.56 Å². The molecule has 2 heterocycles. The lowest BCUT2D eigenvalue weighted by Crippen LogP contribution is -2.45. The van der Waals surface area contributed by atoms with Gasteiger partial charge in [0.25, 0.3) is 0 Å². The molecular weight excluding hydrogens is 290 g/mol. The fraction of sp³-hybridized carbons (Fsp3) is 0.579. The Hall–Kier alpha value is -1.84. The van der Waals surface area contributed by atoms with Crippen molar-refractivity contribution in [3.8, 4) is 0 Å². The maximum absolute atomic E-state index is 12.5. The van der Waals surface area contributed by atoms with Gasteiger partial charge in [-0.25, -0.2) is 4.79 Å². The molecule has 2 fully saturated rings. The second kappa shape index (κ2) is 5.66. The Kier molecular flexibility index (Phi) is 3.63. The van der Waals surface area contributed by atoms with Crippen molar-refractivity contribution in [2.45, 2.75) is 50.5 Å². The Labute approximate surface area is 136 Å². The minimum Gasteiger partial charge on any atom is -0.450 e. The van der Waals surface area contributed by atoms with Crippen LogP contribution in [0.15, 0.2) is 24.3 Å². The molecule has 2 aliphatic heterocycles. The first-order chi connectivity index (χ1) is 11.2. The zero-order chi connectivity index (χ0) is 15.9. The molecule has 4 rings (SSSR count). The highest BCUT2D eigenvalue weighted by Gasteiger charge is 2.47. The van der Waals surface area contributed by atoms with E-state index in [1.165, 1.54) is 25.7 Å². The molecule has 1 aromatic rings. The molecule has 0 aromatic heterocycles. The van der Waals surface area contributed by atoms with Crippen molar-refractivity contribution in [2.24, 2.45) is 5.92 Å². The van der Waals surface area contributed by atoms with E-state index in [0.717, 1.165) is 5.56 Å². The Morgan fingerprint density at radius 1 is 1.17 bits per heavy atom. The molecule has 1 saturated heterocycles. The van der Waals surface area contributed by atoms with Crippen molar-refractivity contribution in [1.29, 1.82) is 0 Å². The second-order valence-electron chi connectivity index (χ2n) is 7.16. The lowest BCUT2D eigenvalue weighted by Gasteiger charge is -2.39. The highest BCUT2D eigenvalue weighted by atomic mass is 16.6. The van der Waals surface area contributed by atoms with Crippen LogP contribution in [0.5, 0.6) is 0 Å². The van der Waals surface area contributed by atoms with Crippen LogP contribution in [0.4, 0.5) is 0 Å². The zero-order valence-corrected chi connectivity index (χ0v) is 13.4. The van der Waals surface area contributed by atoms with E-state index in [0.29, 0.717) is 43.8 Å². The molecule has 0 unspecified atom stereocenters. The molecule has 1 saturated carbocycles. The van der Waals surface area contributed by atoms with E-state index in [1.807, 2.05) is 29.2 Å². The number of nitrogens with zero attached hydrogens (tertiary/aromatic N) is 1. The van der Waals surface area contributed by atoms with E-state index in [-0.39, 0.29) is 11.9 Å². The monoisotopic (exact) mass is 313 g/mol. The number of fused-ring (bicyclic) bond motifs is 2. The van der Waals surface area contributed by atoms with E-state index < -0.39 is 5.60 Å². The van der Waals surface area contributed by atoms with Gasteiger partial charge in [0.2, 0.25) is 5.91 Å². The summed E-state index contributed by atoms with van der Waals surface area (Å²) in [5, 5.41) is 0. The normalized spacial score (nSPS) is 23.1. The first-order valence-corrected chi connectivity index (χ1v) is 8.79. The molecule has 23 heavy (non-hydrogen) atoms. The van der Waals surface area contributed by atoms with Crippen molar-refractivity contribution in [1.82, 2.24) is 4.90 Å². The molecule has 0 N–H and O–H groups in total. The molecule has 0 bridgehead atoms. The van der Waals surface area contributed by atoms with Gasteiger partial charge in [-0.2, -0.15) is 0 Å². The van der Waals surface area contributed by atoms with Crippen LogP contribution in [0.2, 0.25) is 0 Å². The van der Waals surface area contributed by atoms with Crippen LogP contribution in [-0.2, 0) is 15.1 Å². The van der Waals surface area contributed by atoms with Crippen molar-refractivity contribution in [2.75, 3.05) is 13.1 Å². The summed E-state index contributed by atoms with van der Waals surface area (Å²) in [5.41, 5.74) is 1.20. The van der Waals surface area contributed by atoms with Crippen LogP contribution in [0.25, 0.3) is 0 Å². The molecule has 1 amide bonds. The molecule has 122 valence electrons. The first kappa shape index (κ1) is 14.7. The third kappa shape index (κ3) is 2.54. The predicted molar refractivity (Wildman–Crippen MR) is 85.9 cm³/mol. The van der Waals surface area contributed by atoms with Gasteiger partial charge in [-0.15, -0.1) is 0 Å². The second-order valence-corrected chi connectivity index (χ2v) is 7.16. The molecule has 4 heteroatoms.